The summed E-state index contributed by atoms with van der Waals surface area (Å²) in [6.07, 6.45) is -2.61. The summed E-state index contributed by atoms with van der Waals surface area (Å²) in [5.74, 6) is -0.479. The molecule has 34 heavy (non-hydrogen) atoms. The van der Waals surface area contributed by atoms with E-state index in [2.05, 4.69) is 0 Å². The Morgan fingerprint density at radius 1 is 1.06 bits per heavy atom. The van der Waals surface area contributed by atoms with Crippen LogP contribution in [0, 0.1) is 0 Å². The molecule has 0 unspecified atom stereocenters. The van der Waals surface area contributed by atoms with Gasteiger partial charge in [-0.25, -0.2) is 18.0 Å². The van der Waals surface area contributed by atoms with Crippen molar-refractivity contribution in [3.05, 3.63) is 66.2 Å². The molecule has 2 amide bonds. The van der Waals surface area contributed by atoms with Gasteiger partial charge in [0, 0.05) is 5.69 Å². The fourth-order valence-electron chi connectivity index (χ4n) is 4.15. The first kappa shape index (κ1) is 24.0. The van der Waals surface area contributed by atoms with E-state index in [9.17, 15) is 18.0 Å². The predicted octanol–water partition coefficient (Wildman–Crippen LogP) is 3.55. The summed E-state index contributed by atoms with van der Waals surface area (Å²) in [5, 5.41) is 0. The van der Waals surface area contributed by atoms with Crippen molar-refractivity contribution in [1.82, 2.24) is 4.31 Å². The first-order valence-corrected chi connectivity index (χ1v) is 12.6. The number of sulfonamides is 1. The van der Waals surface area contributed by atoms with Gasteiger partial charge in [0.05, 0.1) is 25.0 Å². The molecule has 0 N–H and O–H groups in total. The second kappa shape index (κ2) is 9.27. The quantitative estimate of drug-likeness (QED) is 0.634. The molecule has 2 aromatic rings. The number of rotatable bonds is 5. The number of fused-ring (bicyclic) bond motifs is 1. The van der Waals surface area contributed by atoms with Gasteiger partial charge in [-0.1, -0.05) is 48.5 Å². The van der Waals surface area contributed by atoms with Crippen LogP contribution in [0.5, 0.6) is 0 Å². The minimum absolute atomic E-state index is 0.162. The molecule has 10 heteroatoms. The molecule has 0 spiro atoms. The van der Waals surface area contributed by atoms with Gasteiger partial charge in [0.1, 0.15) is 17.7 Å². The van der Waals surface area contributed by atoms with Gasteiger partial charge in [0.15, 0.2) is 0 Å². The standard InChI is InChI=1S/C24H28N2O7S/c1-24(2,3)33-23(28)26-19(15-31-14-17-10-6-4-7-11-17)21-20(16-34(26,29)30)25(22(27)32-21)18-12-8-5-9-13-18/h4-13,19-21H,14-16H2,1-3H3/t19-,20+,21-/m0/s1. The van der Waals surface area contributed by atoms with Crippen molar-refractivity contribution < 1.29 is 32.2 Å². The Kier molecular flexibility index (Phi) is 6.55. The topological polar surface area (TPSA) is 102 Å². The Bertz CT molecular complexity index is 1130. The van der Waals surface area contributed by atoms with Crippen LogP contribution in [0.4, 0.5) is 15.3 Å². The van der Waals surface area contributed by atoms with Crippen molar-refractivity contribution in [3.63, 3.8) is 0 Å². The van der Waals surface area contributed by atoms with Gasteiger partial charge in [-0.15, -0.1) is 0 Å². The van der Waals surface area contributed by atoms with E-state index in [1.165, 1.54) is 4.90 Å². The molecule has 182 valence electrons. The van der Waals surface area contributed by atoms with Crippen LogP contribution in [0.3, 0.4) is 0 Å². The second-order valence-electron chi connectivity index (χ2n) is 9.24. The Hall–Kier alpha value is -3.11. The SMILES string of the molecule is CC(C)(C)OC(=O)N1[C@@H](COCc2ccccc2)[C@@H]2OC(=O)N(c3ccccc3)[C@@H]2CS1(=O)=O. The summed E-state index contributed by atoms with van der Waals surface area (Å²) in [6.45, 7) is 4.99. The van der Waals surface area contributed by atoms with E-state index >= 15 is 0 Å². The van der Waals surface area contributed by atoms with Gasteiger partial charge < -0.3 is 14.2 Å². The zero-order valence-electron chi connectivity index (χ0n) is 19.3. The predicted molar refractivity (Wildman–Crippen MR) is 125 cm³/mol. The largest absolute Gasteiger partial charge is 0.443 e. The Balaban J connectivity index is 1.65. The molecular weight excluding hydrogens is 460 g/mol. The normalized spacial score (nSPS) is 23.9. The molecule has 9 nitrogen and oxygen atoms in total. The molecule has 0 radical (unpaired) electrons. The van der Waals surface area contributed by atoms with Crippen LogP contribution >= 0.6 is 0 Å². The summed E-state index contributed by atoms with van der Waals surface area (Å²) in [7, 11) is -4.15. The van der Waals surface area contributed by atoms with Crippen LogP contribution in [-0.2, 0) is 30.8 Å². The third-order valence-electron chi connectivity index (χ3n) is 5.51. The van der Waals surface area contributed by atoms with Crippen LogP contribution in [0.15, 0.2) is 60.7 Å². The monoisotopic (exact) mass is 488 g/mol. The zero-order valence-corrected chi connectivity index (χ0v) is 20.1. The summed E-state index contributed by atoms with van der Waals surface area (Å²) < 4.78 is 44.3. The van der Waals surface area contributed by atoms with Crippen LogP contribution in [-0.4, -0.2) is 61.1 Å². The molecular formula is C24H28N2O7S. The number of hydrogen-bond donors (Lipinski definition) is 0. The Morgan fingerprint density at radius 3 is 2.29 bits per heavy atom. The highest BCUT2D eigenvalue weighted by atomic mass is 32.2. The van der Waals surface area contributed by atoms with Crippen molar-refractivity contribution in [2.75, 3.05) is 17.3 Å². The number of ether oxygens (including phenoxy) is 3. The highest BCUT2D eigenvalue weighted by Gasteiger charge is 2.58. The lowest BCUT2D eigenvalue weighted by molar-refractivity contribution is -0.0118. The smallest absolute Gasteiger partial charge is 0.424 e. The number of nitrogens with zero attached hydrogens (tertiary/aromatic N) is 2. The van der Waals surface area contributed by atoms with E-state index in [0.717, 1.165) is 5.56 Å². The molecule has 0 saturated carbocycles. The summed E-state index contributed by atoms with van der Waals surface area (Å²) in [4.78, 5) is 27.2. The first-order chi connectivity index (χ1) is 16.1. The van der Waals surface area contributed by atoms with E-state index in [-0.39, 0.29) is 13.2 Å². The molecule has 2 aromatic carbocycles. The fourth-order valence-corrected chi connectivity index (χ4v) is 5.94. The molecule has 2 saturated heterocycles. The number of carbonyl (C=O) groups excluding carboxylic acids is 2. The Labute approximate surface area is 199 Å². The maximum atomic E-state index is 13.4. The van der Waals surface area contributed by atoms with Gasteiger partial charge in [0.2, 0.25) is 10.0 Å². The molecule has 2 aliphatic rings. The summed E-state index contributed by atoms with van der Waals surface area (Å²) in [5.41, 5.74) is 0.488. The minimum atomic E-state index is -4.15. The molecule has 0 aromatic heterocycles. The van der Waals surface area contributed by atoms with Crippen LogP contribution < -0.4 is 4.90 Å². The van der Waals surface area contributed by atoms with E-state index in [1.807, 2.05) is 30.3 Å². The van der Waals surface area contributed by atoms with Gasteiger partial charge >= 0.3 is 12.2 Å². The second-order valence-corrected chi connectivity index (χ2v) is 11.1. The lowest BCUT2D eigenvalue weighted by Crippen LogP contribution is -2.64. The molecule has 2 fully saturated rings. The molecule has 0 aliphatic carbocycles. The van der Waals surface area contributed by atoms with Crippen molar-refractivity contribution in [1.29, 1.82) is 0 Å². The van der Waals surface area contributed by atoms with Crippen molar-refractivity contribution in [2.24, 2.45) is 0 Å². The lowest BCUT2D eigenvalue weighted by atomic mass is 10.0. The zero-order chi connectivity index (χ0) is 24.5. The highest BCUT2D eigenvalue weighted by molar-refractivity contribution is 7.89. The maximum absolute atomic E-state index is 13.4. The highest BCUT2D eigenvalue weighted by Crippen LogP contribution is 2.36. The number of carbonyl (C=O) groups is 2. The van der Waals surface area contributed by atoms with Crippen molar-refractivity contribution in [3.8, 4) is 0 Å². The number of para-hydroxylation sites is 1. The van der Waals surface area contributed by atoms with E-state index in [0.29, 0.717) is 9.99 Å². The minimum Gasteiger partial charge on any atom is -0.443 e. The van der Waals surface area contributed by atoms with E-state index in [4.69, 9.17) is 14.2 Å². The van der Waals surface area contributed by atoms with Crippen molar-refractivity contribution in [2.45, 2.75) is 51.2 Å². The van der Waals surface area contributed by atoms with Gasteiger partial charge in [-0.2, -0.15) is 4.31 Å². The van der Waals surface area contributed by atoms with Crippen LogP contribution in [0.25, 0.3) is 0 Å². The molecule has 3 atom stereocenters. The van der Waals surface area contributed by atoms with Gasteiger partial charge in [-0.05, 0) is 38.5 Å². The maximum Gasteiger partial charge on any atom is 0.424 e. The summed E-state index contributed by atoms with van der Waals surface area (Å²) in [6, 6.07) is 16.2. The molecule has 0 bridgehead atoms. The Morgan fingerprint density at radius 2 is 1.68 bits per heavy atom. The van der Waals surface area contributed by atoms with Gasteiger partial charge in [-0.3, -0.25) is 4.90 Å². The average molecular weight is 489 g/mol. The summed E-state index contributed by atoms with van der Waals surface area (Å²) >= 11 is 0. The first-order valence-electron chi connectivity index (χ1n) is 11.0. The molecule has 2 heterocycles. The fraction of sp³-hybridized carbons (Fsp3) is 0.417. The number of benzene rings is 2. The number of hydrogen-bond acceptors (Lipinski definition) is 7. The third-order valence-corrected chi connectivity index (χ3v) is 7.30. The van der Waals surface area contributed by atoms with Crippen LogP contribution in [0.1, 0.15) is 26.3 Å². The van der Waals surface area contributed by atoms with Crippen molar-refractivity contribution >= 4 is 27.9 Å². The van der Waals surface area contributed by atoms with E-state index in [1.54, 1.807) is 51.1 Å². The number of amides is 2. The lowest BCUT2D eigenvalue weighted by Gasteiger charge is -2.41. The molecule has 4 rings (SSSR count). The van der Waals surface area contributed by atoms with E-state index < -0.39 is 51.8 Å². The number of anilines is 1. The van der Waals surface area contributed by atoms with Gasteiger partial charge in [0.25, 0.3) is 0 Å². The average Bonchev–Trinajstić information content (AvgIpc) is 3.08. The van der Waals surface area contributed by atoms with Crippen LogP contribution in [0.2, 0.25) is 0 Å². The third kappa shape index (κ3) is 5.02. The molecule has 2 aliphatic heterocycles.